The molecule has 4 saturated heterocycles. The third-order valence-electron chi connectivity index (χ3n) is 11.4. The molecule has 2 aromatic rings. The number of carbonyl (C=O) groups excluding carboxylic acids is 1. The number of nitrogens with one attached hydrogen (secondary N) is 2. The number of piperazine rings is 1. The van der Waals surface area contributed by atoms with Crippen LogP contribution in [0, 0.1) is 5.41 Å². The number of aromatic nitrogens is 2. The maximum absolute atomic E-state index is 14.6. The standard InChI is InChI=1S/C35H43Cl2FN8O3/c36-26-5-1-4-25-23(26)6-8-35(25)17-27-24(20-49-35)31(43-33(42-27)48-21-34-7-2-13-46(34)18-22(38)16-34)45-12-3-9-41-28(19-45)29(37)30(39)32(47)44-14-10-40-11-15-44/h1,4-5,22,39-41H,2-3,6-21H2/p+1/b29-28+,39-30?/t22-,34+,35+/m1/s1. The van der Waals surface area contributed by atoms with Crippen LogP contribution in [0.25, 0.3) is 0 Å². The van der Waals surface area contributed by atoms with Crippen molar-refractivity contribution in [3.63, 3.8) is 0 Å². The minimum atomic E-state index is -0.851. The molecule has 6 aliphatic rings. The average Bonchev–Trinajstić information content (AvgIpc) is 3.69. The summed E-state index contributed by atoms with van der Waals surface area (Å²) in [6.07, 6.45) is 4.58. The van der Waals surface area contributed by atoms with Crippen LogP contribution in [0.3, 0.4) is 0 Å². The maximum atomic E-state index is 14.6. The molecule has 1 spiro atoms. The molecule has 0 radical (unpaired) electrons. The number of hydrogen-bond acceptors (Lipinski definition) is 9. The number of quaternary nitrogens is 1. The minimum Gasteiger partial charge on any atom is -0.461 e. The normalized spacial score (nSPS) is 29.4. The molecular formula is C35H44Cl2FN8O3+. The van der Waals surface area contributed by atoms with E-state index >= 15 is 0 Å². The lowest BCUT2D eigenvalue weighted by atomic mass is 9.87. The maximum Gasteiger partial charge on any atom is 0.318 e. The van der Waals surface area contributed by atoms with Crippen LogP contribution in [0.4, 0.5) is 10.2 Å². The molecule has 5 aliphatic heterocycles. The molecule has 1 aliphatic carbocycles. The predicted molar refractivity (Wildman–Crippen MR) is 184 cm³/mol. The van der Waals surface area contributed by atoms with E-state index in [4.69, 9.17) is 48.1 Å². The van der Waals surface area contributed by atoms with Crippen molar-refractivity contribution in [2.24, 2.45) is 0 Å². The first-order valence-corrected chi connectivity index (χ1v) is 18.4. The first-order chi connectivity index (χ1) is 23.8. The van der Waals surface area contributed by atoms with E-state index in [1.807, 2.05) is 17.4 Å². The number of nitrogens with two attached hydrogens (primary N) is 1. The molecule has 0 saturated carbocycles. The van der Waals surface area contributed by atoms with E-state index in [0.717, 1.165) is 78.3 Å². The number of ether oxygens (including phenoxy) is 2. The third kappa shape index (κ3) is 6.12. The number of benzene rings is 1. The molecule has 11 nitrogen and oxygen atoms in total. The van der Waals surface area contributed by atoms with Crippen LogP contribution in [0.15, 0.2) is 28.9 Å². The quantitative estimate of drug-likeness (QED) is 0.391. The molecule has 4 N–H and O–H groups in total. The van der Waals surface area contributed by atoms with Gasteiger partial charge in [-0.2, -0.15) is 9.97 Å². The van der Waals surface area contributed by atoms with Gasteiger partial charge in [0.05, 0.1) is 36.5 Å². The molecule has 6 heterocycles. The molecule has 1 aromatic heterocycles. The Hall–Kier alpha value is -2.87. The van der Waals surface area contributed by atoms with Crippen molar-refractivity contribution in [3.8, 4) is 6.01 Å². The Bertz CT molecular complexity index is 1690. The van der Waals surface area contributed by atoms with Gasteiger partial charge in [0, 0.05) is 69.1 Å². The summed E-state index contributed by atoms with van der Waals surface area (Å²) in [4.78, 5) is 29.3. The second-order valence-corrected chi connectivity index (χ2v) is 15.2. The summed E-state index contributed by atoms with van der Waals surface area (Å²) in [5.74, 6) is 0.365. The first-order valence-electron chi connectivity index (χ1n) is 17.6. The van der Waals surface area contributed by atoms with E-state index in [2.05, 4.69) is 21.2 Å². The number of amides is 1. The van der Waals surface area contributed by atoms with Crippen LogP contribution in [0.1, 0.15) is 54.5 Å². The van der Waals surface area contributed by atoms with Gasteiger partial charge in [-0.15, -0.1) is 0 Å². The predicted octanol–water partition coefficient (Wildman–Crippen LogP) is 2.68. The van der Waals surface area contributed by atoms with Crippen molar-refractivity contribution in [3.05, 3.63) is 56.3 Å². The number of fused-ring (bicyclic) bond motifs is 4. The highest BCUT2D eigenvalue weighted by Gasteiger charge is 2.50. The van der Waals surface area contributed by atoms with Gasteiger partial charge in [0.25, 0.3) is 5.91 Å². The number of rotatable bonds is 6. The van der Waals surface area contributed by atoms with E-state index in [0.29, 0.717) is 77.7 Å². The highest BCUT2D eigenvalue weighted by atomic mass is 35.5. The van der Waals surface area contributed by atoms with Gasteiger partial charge in [-0.3, -0.25) is 15.1 Å². The van der Waals surface area contributed by atoms with Crippen molar-refractivity contribution in [1.29, 1.82) is 5.41 Å². The van der Waals surface area contributed by atoms with E-state index in [-0.39, 0.29) is 28.2 Å². The zero-order valence-electron chi connectivity index (χ0n) is 27.7. The van der Waals surface area contributed by atoms with E-state index in [1.54, 1.807) is 4.90 Å². The van der Waals surface area contributed by atoms with Crippen LogP contribution in [-0.2, 0) is 34.6 Å². The van der Waals surface area contributed by atoms with Gasteiger partial charge >= 0.3 is 6.01 Å². The highest BCUT2D eigenvalue weighted by Crippen LogP contribution is 2.49. The topological polar surface area (TPSA) is 124 Å². The second kappa shape index (κ2) is 13.4. The summed E-state index contributed by atoms with van der Waals surface area (Å²) in [5.41, 5.74) is 3.71. The monoisotopic (exact) mass is 713 g/mol. The van der Waals surface area contributed by atoms with E-state index < -0.39 is 11.8 Å². The van der Waals surface area contributed by atoms with Crippen molar-refractivity contribution in [2.75, 3.05) is 70.4 Å². The largest absolute Gasteiger partial charge is 0.461 e. The Labute approximate surface area is 296 Å². The molecule has 8 rings (SSSR count). The fourth-order valence-electron chi connectivity index (χ4n) is 8.86. The number of nitrogens with zero attached hydrogens (tertiary/aromatic N) is 5. The van der Waals surface area contributed by atoms with Crippen LogP contribution < -0.4 is 20.3 Å². The molecule has 1 aromatic carbocycles. The Kier molecular flexibility index (Phi) is 9.07. The number of carbonyl (C=O) groups is 1. The SMILES string of the molecule is N=C(C(=O)N1CCNCC1)/C(Cl)=C1/CN(c2nc(OC[C@@]34CCCN3C[C@H](F)C4)nc3c2CO[C@@]2(CCc4c(Cl)cccc42)C3)CCC[NH2+]1. The Balaban J connectivity index is 1.12. The fourth-order valence-corrected chi connectivity index (χ4v) is 9.34. The summed E-state index contributed by atoms with van der Waals surface area (Å²) in [6, 6.07) is 6.31. The van der Waals surface area contributed by atoms with Crippen LogP contribution in [-0.4, -0.2) is 109 Å². The lowest BCUT2D eigenvalue weighted by Gasteiger charge is -2.37. The smallest absolute Gasteiger partial charge is 0.318 e. The summed E-state index contributed by atoms with van der Waals surface area (Å²) in [7, 11) is 0. The fraction of sp³-hybridized carbons (Fsp3) is 0.600. The van der Waals surface area contributed by atoms with Gasteiger partial charge in [-0.25, -0.2) is 4.39 Å². The summed E-state index contributed by atoms with van der Waals surface area (Å²) in [5, 5.41) is 14.9. The highest BCUT2D eigenvalue weighted by molar-refractivity contribution is 6.58. The summed E-state index contributed by atoms with van der Waals surface area (Å²) >= 11 is 13.5. The van der Waals surface area contributed by atoms with Gasteiger partial charge in [-0.1, -0.05) is 35.3 Å². The number of hydrogen-bond donors (Lipinski definition) is 3. The van der Waals surface area contributed by atoms with Crippen LogP contribution in [0.5, 0.6) is 6.01 Å². The summed E-state index contributed by atoms with van der Waals surface area (Å²) in [6.45, 7) is 6.32. The lowest BCUT2D eigenvalue weighted by molar-refractivity contribution is -0.605. The molecular weight excluding hydrogens is 670 g/mol. The zero-order valence-corrected chi connectivity index (χ0v) is 29.2. The van der Waals surface area contributed by atoms with Crippen molar-refractivity contribution < 1.29 is 24.0 Å². The van der Waals surface area contributed by atoms with E-state index in [9.17, 15) is 9.18 Å². The van der Waals surface area contributed by atoms with Crippen molar-refractivity contribution in [2.45, 2.75) is 68.9 Å². The number of alkyl halides is 1. The molecule has 4 fully saturated rings. The number of halogens is 3. The van der Waals surface area contributed by atoms with Gasteiger partial charge < -0.3 is 29.9 Å². The zero-order chi connectivity index (χ0) is 33.8. The molecule has 49 heavy (non-hydrogen) atoms. The van der Waals surface area contributed by atoms with Gasteiger partial charge in [0.2, 0.25) is 0 Å². The molecule has 3 atom stereocenters. The molecule has 0 bridgehead atoms. The van der Waals surface area contributed by atoms with E-state index in [1.165, 1.54) is 0 Å². The first kappa shape index (κ1) is 33.3. The molecule has 0 unspecified atom stereocenters. The molecule has 262 valence electrons. The average molecular weight is 715 g/mol. The van der Waals surface area contributed by atoms with Crippen LogP contribution >= 0.6 is 23.2 Å². The molecule has 1 amide bonds. The third-order valence-corrected chi connectivity index (χ3v) is 12.2. The van der Waals surface area contributed by atoms with Gasteiger partial charge in [0.1, 0.15) is 35.0 Å². The van der Waals surface area contributed by atoms with Crippen LogP contribution in [0.2, 0.25) is 5.02 Å². The Morgan fingerprint density at radius 3 is 2.88 bits per heavy atom. The van der Waals surface area contributed by atoms with Gasteiger partial charge in [-0.05, 0) is 49.4 Å². The lowest BCUT2D eigenvalue weighted by Crippen LogP contribution is -2.83. The number of anilines is 1. The Morgan fingerprint density at radius 1 is 1.16 bits per heavy atom. The molecule has 14 heteroatoms. The summed E-state index contributed by atoms with van der Waals surface area (Å²) < 4.78 is 27.8. The minimum absolute atomic E-state index is 0.173. The van der Waals surface area contributed by atoms with Crippen molar-refractivity contribution >= 4 is 40.6 Å². The second-order valence-electron chi connectivity index (χ2n) is 14.4. The van der Waals surface area contributed by atoms with Gasteiger partial charge in [0.15, 0.2) is 0 Å². The van der Waals surface area contributed by atoms with Crippen molar-refractivity contribution in [1.82, 2.24) is 25.1 Å². The Morgan fingerprint density at radius 2 is 2.02 bits per heavy atom.